The molecule has 0 bridgehead atoms. The third kappa shape index (κ3) is 3.12. The number of rotatable bonds is 4. The summed E-state index contributed by atoms with van der Waals surface area (Å²) in [5, 5.41) is 3.91. The molecule has 1 aliphatic heterocycles. The van der Waals surface area contributed by atoms with Gasteiger partial charge in [-0.2, -0.15) is 0 Å². The average molecular weight is 215 g/mol. The van der Waals surface area contributed by atoms with Gasteiger partial charge < -0.3 is 10.1 Å². The van der Waals surface area contributed by atoms with Gasteiger partial charge in [0, 0.05) is 0 Å². The summed E-state index contributed by atoms with van der Waals surface area (Å²) in [6, 6.07) is 0. The van der Waals surface area contributed by atoms with E-state index in [2.05, 4.69) is 33.0 Å². The van der Waals surface area contributed by atoms with Crippen molar-refractivity contribution in [3.8, 4) is 0 Å². The highest BCUT2D eigenvalue weighted by molar-refractivity contribution is 7.80. The maximum absolute atomic E-state index is 5.39. The van der Waals surface area contributed by atoms with E-state index in [0.29, 0.717) is 17.0 Å². The monoisotopic (exact) mass is 215 g/mol. The van der Waals surface area contributed by atoms with E-state index in [-0.39, 0.29) is 5.54 Å². The lowest BCUT2D eigenvalue weighted by Gasteiger charge is -2.30. The molecule has 1 fully saturated rings. The summed E-state index contributed by atoms with van der Waals surface area (Å²) in [6.45, 7) is 9.70. The van der Waals surface area contributed by atoms with Gasteiger partial charge in [-0.1, -0.05) is 27.7 Å². The lowest BCUT2D eigenvalue weighted by molar-refractivity contribution is 0.203. The summed E-state index contributed by atoms with van der Waals surface area (Å²) in [5.74, 6) is 1.34. The predicted octanol–water partition coefficient (Wildman–Crippen LogP) is 2.72. The van der Waals surface area contributed by atoms with Crippen LogP contribution < -0.4 is 5.32 Å². The third-order valence-electron chi connectivity index (χ3n) is 2.44. The molecule has 2 nitrogen and oxygen atoms in total. The first-order valence-electron chi connectivity index (χ1n) is 5.38. The molecule has 0 amide bonds. The van der Waals surface area contributed by atoms with E-state index < -0.39 is 0 Å². The van der Waals surface area contributed by atoms with Crippen LogP contribution in [-0.4, -0.2) is 17.3 Å². The fourth-order valence-corrected chi connectivity index (χ4v) is 2.63. The zero-order valence-electron chi connectivity index (χ0n) is 9.59. The number of thiocarbonyl (C=S) groups is 1. The molecule has 0 aromatic heterocycles. The SMILES string of the molecule is CC(C)CC1(CC(C)C)COC(=S)N1. The Hall–Kier alpha value is -0.310. The molecule has 0 aliphatic carbocycles. The van der Waals surface area contributed by atoms with Crippen LogP contribution in [0.3, 0.4) is 0 Å². The van der Waals surface area contributed by atoms with Crippen LogP contribution in [0.15, 0.2) is 0 Å². The molecule has 1 rings (SSSR count). The van der Waals surface area contributed by atoms with Crippen LogP contribution in [0.4, 0.5) is 0 Å². The molecule has 1 saturated heterocycles. The number of nitrogens with one attached hydrogen (secondary N) is 1. The summed E-state index contributed by atoms with van der Waals surface area (Å²) in [4.78, 5) is 0. The van der Waals surface area contributed by atoms with Crippen LogP contribution in [-0.2, 0) is 4.74 Å². The summed E-state index contributed by atoms with van der Waals surface area (Å²) in [7, 11) is 0. The van der Waals surface area contributed by atoms with Crippen molar-refractivity contribution in [2.24, 2.45) is 11.8 Å². The van der Waals surface area contributed by atoms with Crippen LogP contribution in [0.5, 0.6) is 0 Å². The fraction of sp³-hybridized carbons (Fsp3) is 0.909. The summed E-state index contributed by atoms with van der Waals surface area (Å²) in [5.41, 5.74) is 0.0966. The minimum atomic E-state index is 0.0966. The second-order valence-corrected chi connectivity index (χ2v) is 5.55. The zero-order valence-corrected chi connectivity index (χ0v) is 10.4. The molecule has 0 radical (unpaired) electrons. The predicted molar refractivity (Wildman–Crippen MR) is 63.3 cm³/mol. The molecule has 0 aromatic rings. The number of hydrogen-bond acceptors (Lipinski definition) is 2. The quantitative estimate of drug-likeness (QED) is 0.729. The summed E-state index contributed by atoms with van der Waals surface area (Å²) < 4.78 is 5.39. The maximum atomic E-state index is 5.39. The van der Waals surface area contributed by atoms with E-state index in [0.717, 1.165) is 19.4 Å². The van der Waals surface area contributed by atoms with Crippen molar-refractivity contribution in [2.75, 3.05) is 6.61 Å². The molecule has 0 saturated carbocycles. The van der Waals surface area contributed by atoms with Crippen LogP contribution >= 0.6 is 12.2 Å². The van der Waals surface area contributed by atoms with E-state index in [4.69, 9.17) is 17.0 Å². The largest absolute Gasteiger partial charge is 0.469 e. The highest BCUT2D eigenvalue weighted by Crippen LogP contribution is 2.28. The molecule has 0 unspecified atom stereocenters. The second kappa shape index (κ2) is 4.47. The van der Waals surface area contributed by atoms with Crippen LogP contribution in [0.25, 0.3) is 0 Å². The van der Waals surface area contributed by atoms with Gasteiger partial charge >= 0.3 is 0 Å². The minimum absolute atomic E-state index is 0.0966. The van der Waals surface area contributed by atoms with Gasteiger partial charge in [-0.15, -0.1) is 0 Å². The van der Waals surface area contributed by atoms with E-state index in [1.807, 2.05) is 0 Å². The van der Waals surface area contributed by atoms with Crippen LogP contribution in [0.1, 0.15) is 40.5 Å². The fourth-order valence-electron chi connectivity index (χ4n) is 2.36. The standard InChI is InChI=1S/C11H21NOS/c1-8(2)5-11(6-9(3)4)7-13-10(14)12-11/h8-9H,5-7H2,1-4H3,(H,12,14). The van der Waals surface area contributed by atoms with E-state index in [9.17, 15) is 0 Å². The minimum Gasteiger partial charge on any atom is -0.469 e. The molecule has 82 valence electrons. The van der Waals surface area contributed by atoms with E-state index >= 15 is 0 Å². The summed E-state index contributed by atoms with van der Waals surface area (Å²) >= 11 is 5.04. The van der Waals surface area contributed by atoms with Gasteiger partial charge in [-0.25, -0.2) is 0 Å². The first-order chi connectivity index (χ1) is 6.43. The lowest BCUT2D eigenvalue weighted by atomic mass is 9.83. The third-order valence-corrected chi connectivity index (χ3v) is 2.66. The van der Waals surface area contributed by atoms with Gasteiger partial charge in [-0.05, 0) is 36.9 Å². The molecule has 1 N–H and O–H groups in total. The van der Waals surface area contributed by atoms with Crippen molar-refractivity contribution in [1.82, 2.24) is 5.32 Å². The van der Waals surface area contributed by atoms with Gasteiger partial charge in [0.1, 0.15) is 6.61 Å². The highest BCUT2D eigenvalue weighted by atomic mass is 32.1. The van der Waals surface area contributed by atoms with Crippen molar-refractivity contribution < 1.29 is 4.74 Å². The first-order valence-corrected chi connectivity index (χ1v) is 5.79. The number of ether oxygens (including phenoxy) is 1. The van der Waals surface area contributed by atoms with Crippen molar-refractivity contribution in [3.63, 3.8) is 0 Å². The molecule has 1 aliphatic rings. The topological polar surface area (TPSA) is 21.3 Å². The molecular weight excluding hydrogens is 194 g/mol. The van der Waals surface area contributed by atoms with Gasteiger partial charge in [-0.3, -0.25) is 0 Å². The van der Waals surface area contributed by atoms with Gasteiger partial charge in [0.15, 0.2) is 0 Å². The highest BCUT2D eigenvalue weighted by Gasteiger charge is 2.38. The van der Waals surface area contributed by atoms with Crippen molar-refractivity contribution >= 4 is 17.4 Å². The molecular formula is C11H21NOS. The Labute approximate surface area is 92.4 Å². The van der Waals surface area contributed by atoms with Gasteiger partial charge in [0.2, 0.25) is 0 Å². The Bertz CT molecular complexity index is 203. The van der Waals surface area contributed by atoms with Crippen LogP contribution in [0, 0.1) is 11.8 Å². The Kier molecular flexibility index (Phi) is 3.76. The molecule has 0 spiro atoms. The molecule has 14 heavy (non-hydrogen) atoms. The number of hydrogen-bond donors (Lipinski definition) is 1. The molecule has 3 heteroatoms. The second-order valence-electron chi connectivity index (χ2n) is 5.18. The molecule has 1 heterocycles. The smallest absolute Gasteiger partial charge is 0.257 e. The Morgan fingerprint density at radius 1 is 1.29 bits per heavy atom. The zero-order chi connectivity index (χ0) is 10.8. The first kappa shape index (κ1) is 11.8. The Morgan fingerprint density at radius 3 is 2.07 bits per heavy atom. The Morgan fingerprint density at radius 2 is 1.79 bits per heavy atom. The van der Waals surface area contributed by atoms with Crippen LogP contribution in [0.2, 0.25) is 0 Å². The van der Waals surface area contributed by atoms with E-state index in [1.165, 1.54) is 0 Å². The molecule has 0 atom stereocenters. The normalized spacial score (nSPS) is 20.0. The Balaban J connectivity index is 2.64. The average Bonchev–Trinajstić information content (AvgIpc) is 2.28. The summed E-state index contributed by atoms with van der Waals surface area (Å²) in [6.07, 6.45) is 2.26. The molecule has 0 aromatic carbocycles. The van der Waals surface area contributed by atoms with Crippen molar-refractivity contribution in [3.05, 3.63) is 0 Å². The maximum Gasteiger partial charge on any atom is 0.257 e. The van der Waals surface area contributed by atoms with Gasteiger partial charge in [0.25, 0.3) is 5.17 Å². The lowest BCUT2D eigenvalue weighted by Crippen LogP contribution is -2.45. The van der Waals surface area contributed by atoms with E-state index in [1.54, 1.807) is 0 Å². The van der Waals surface area contributed by atoms with Gasteiger partial charge in [0.05, 0.1) is 5.54 Å². The van der Waals surface area contributed by atoms with Crippen molar-refractivity contribution in [1.29, 1.82) is 0 Å². The van der Waals surface area contributed by atoms with Crippen molar-refractivity contribution in [2.45, 2.75) is 46.1 Å².